The molecule has 2 aromatic carbocycles. The van der Waals surface area contributed by atoms with Crippen molar-refractivity contribution in [3.05, 3.63) is 65.2 Å². The minimum absolute atomic E-state index is 0.203. The van der Waals surface area contributed by atoms with Crippen LogP contribution in [0.3, 0.4) is 0 Å². The van der Waals surface area contributed by atoms with E-state index < -0.39 is 0 Å². The first-order valence-corrected chi connectivity index (χ1v) is 7.97. The zero-order valence-corrected chi connectivity index (χ0v) is 13.7. The van der Waals surface area contributed by atoms with E-state index in [-0.39, 0.29) is 5.91 Å². The summed E-state index contributed by atoms with van der Waals surface area (Å²) in [6.45, 7) is 1.91. The van der Waals surface area contributed by atoms with Gasteiger partial charge in [0, 0.05) is 16.1 Å². The molecule has 0 aliphatic carbocycles. The van der Waals surface area contributed by atoms with Crippen molar-refractivity contribution < 1.29 is 9.53 Å². The highest BCUT2D eigenvalue weighted by molar-refractivity contribution is 7.15. The van der Waals surface area contributed by atoms with Gasteiger partial charge in [-0.3, -0.25) is 4.79 Å². The second kappa shape index (κ2) is 6.62. The highest BCUT2D eigenvalue weighted by Gasteiger charge is 2.16. The van der Waals surface area contributed by atoms with E-state index >= 15 is 0 Å². The van der Waals surface area contributed by atoms with Gasteiger partial charge in [-0.05, 0) is 31.2 Å². The molecule has 0 saturated heterocycles. The molecule has 23 heavy (non-hydrogen) atoms. The number of carbonyl (C=O) groups excluding carboxylic acids is 1. The summed E-state index contributed by atoms with van der Waals surface area (Å²) in [6, 6.07) is 17.1. The van der Waals surface area contributed by atoms with Crippen molar-refractivity contribution in [2.45, 2.75) is 6.92 Å². The molecule has 0 radical (unpaired) electrons. The van der Waals surface area contributed by atoms with Crippen LogP contribution in [0.1, 0.15) is 15.4 Å². The highest BCUT2D eigenvalue weighted by atomic mass is 32.1. The van der Waals surface area contributed by atoms with Crippen molar-refractivity contribution >= 4 is 22.9 Å². The summed E-state index contributed by atoms with van der Waals surface area (Å²) in [5.74, 6) is 0.547. The topological polar surface area (TPSA) is 51.2 Å². The second-order valence-electron chi connectivity index (χ2n) is 4.97. The van der Waals surface area contributed by atoms with Gasteiger partial charge in [0.2, 0.25) is 0 Å². The van der Waals surface area contributed by atoms with Crippen LogP contribution >= 0.6 is 11.3 Å². The van der Waals surface area contributed by atoms with E-state index in [4.69, 9.17) is 4.74 Å². The Hall–Kier alpha value is -2.66. The fraction of sp³-hybridized carbons (Fsp3) is 0.111. The van der Waals surface area contributed by atoms with E-state index in [1.54, 1.807) is 31.4 Å². The van der Waals surface area contributed by atoms with Gasteiger partial charge in [0.15, 0.2) is 0 Å². The number of rotatable bonds is 4. The zero-order chi connectivity index (χ0) is 16.2. The molecule has 0 aliphatic heterocycles. The van der Waals surface area contributed by atoms with Gasteiger partial charge in [-0.1, -0.05) is 30.3 Å². The Kier molecular flexibility index (Phi) is 4.39. The molecular weight excluding hydrogens is 308 g/mol. The molecule has 0 aliphatic rings. The SMILES string of the molecule is COc1ccc(NC(=O)c2nc(-c3ccccc3)sc2C)cc1. The van der Waals surface area contributed by atoms with E-state index in [1.165, 1.54) is 11.3 Å². The number of aromatic nitrogens is 1. The minimum atomic E-state index is -0.203. The first kappa shape index (κ1) is 15.2. The van der Waals surface area contributed by atoms with E-state index in [9.17, 15) is 4.79 Å². The average molecular weight is 324 g/mol. The largest absolute Gasteiger partial charge is 0.497 e. The summed E-state index contributed by atoms with van der Waals surface area (Å²) >= 11 is 1.52. The van der Waals surface area contributed by atoms with E-state index in [0.29, 0.717) is 11.4 Å². The molecule has 1 aromatic heterocycles. The van der Waals surface area contributed by atoms with Gasteiger partial charge in [0.25, 0.3) is 5.91 Å². The van der Waals surface area contributed by atoms with Crippen molar-refractivity contribution in [1.29, 1.82) is 0 Å². The van der Waals surface area contributed by atoms with Crippen molar-refractivity contribution in [2.24, 2.45) is 0 Å². The first-order valence-electron chi connectivity index (χ1n) is 7.15. The molecule has 1 heterocycles. The lowest BCUT2D eigenvalue weighted by Gasteiger charge is -2.05. The molecular formula is C18H16N2O2S. The van der Waals surface area contributed by atoms with Gasteiger partial charge in [0.05, 0.1) is 7.11 Å². The number of hydrogen-bond acceptors (Lipinski definition) is 4. The van der Waals surface area contributed by atoms with Crippen LogP contribution in [0.4, 0.5) is 5.69 Å². The summed E-state index contributed by atoms with van der Waals surface area (Å²) < 4.78 is 5.11. The molecule has 0 bridgehead atoms. The van der Waals surface area contributed by atoms with Crippen LogP contribution < -0.4 is 10.1 Å². The molecule has 4 nitrogen and oxygen atoms in total. The van der Waals surface area contributed by atoms with Crippen LogP contribution in [0, 0.1) is 6.92 Å². The maximum absolute atomic E-state index is 12.4. The normalized spacial score (nSPS) is 10.3. The Labute approximate surface area is 138 Å². The predicted octanol–water partition coefficient (Wildman–Crippen LogP) is 4.38. The monoisotopic (exact) mass is 324 g/mol. The molecule has 3 rings (SSSR count). The number of hydrogen-bond donors (Lipinski definition) is 1. The molecule has 0 fully saturated rings. The quantitative estimate of drug-likeness (QED) is 0.775. The Morgan fingerprint density at radius 2 is 1.78 bits per heavy atom. The molecule has 116 valence electrons. The van der Waals surface area contributed by atoms with E-state index in [1.807, 2.05) is 37.3 Å². The Morgan fingerprint density at radius 1 is 1.09 bits per heavy atom. The summed E-state index contributed by atoms with van der Waals surface area (Å²) in [5, 5.41) is 3.71. The predicted molar refractivity (Wildman–Crippen MR) is 93.2 cm³/mol. The van der Waals surface area contributed by atoms with Gasteiger partial charge < -0.3 is 10.1 Å². The lowest BCUT2D eigenvalue weighted by Crippen LogP contribution is -2.13. The number of amides is 1. The lowest BCUT2D eigenvalue weighted by molar-refractivity contribution is 0.102. The number of aryl methyl sites for hydroxylation is 1. The van der Waals surface area contributed by atoms with Gasteiger partial charge >= 0.3 is 0 Å². The van der Waals surface area contributed by atoms with Crippen LogP contribution in [-0.2, 0) is 0 Å². The fourth-order valence-electron chi connectivity index (χ4n) is 2.18. The van der Waals surface area contributed by atoms with Crippen molar-refractivity contribution in [2.75, 3.05) is 12.4 Å². The Bertz CT molecular complexity index is 811. The Morgan fingerprint density at radius 3 is 2.43 bits per heavy atom. The third kappa shape index (κ3) is 3.40. The number of nitrogens with zero attached hydrogens (tertiary/aromatic N) is 1. The van der Waals surface area contributed by atoms with Crippen LogP contribution in [0.15, 0.2) is 54.6 Å². The van der Waals surface area contributed by atoms with Crippen LogP contribution in [0.2, 0.25) is 0 Å². The number of thiazole rings is 1. The fourth-order valence-corrected chi connectivity index (χ4v) is 3.09. The third-order valence-electron chi connectivity index (χ3n) is 3.38. The molecule has 5 heteroatoms. The molecule has 0 unspecified atom stereocenters. The molecule has 1 amide bonds. The standard InChI is InChI=1S/C18H16N2O2S/c1-12-16(20-18(23-12)13-6-4-3-5-7-13)17(21)19-14-8-10-15(22-2)11-9-14/h3-11H,1-2H3,(H,19,21). The van der Waals surface area contributed by atoms with Gasteiger partial charge in [-0.25, -0.2) is 4.98 Å². The van der Waals surface area contributed by atoms with Gasteiger partial charge in [0.1, 0.15) is 16.5 Å². The number of carbonyl (C=O) groups is 1. The molecule has 0 spiro atoms. The maximum atomic E-state index is 12.4. The summed E-state index contributed by atoms with van der Waals surface area (Å²) in [4.78, 5) is 17.8. The van der Waals surface area contributed by atoms with Crippen LogP contribution in [-0.4, -0.2) is 18.0 Å². The highest BCUT2D eigenvalue weighted by Crippen LogP contribution is 2.28. The van der Waals surface area contributed by atoms with Crippen molar-refractivity contribution in [3.8, 4) is 16.3 Å². The number of methoxy groups -OCH3 is 1. The summed E-state index contributed by atoms with van der Waals surface area (Å²) in [6.07, 6.45) is 0. The molecule has 1 N–H and O–H groups in total. The molecule has 0 atom stereocenters. The molecule has 3 aromatic rings. The number of benzene rings is 2. The van der Waals surface area contributed by atoms with Crippen LogP contribution in [0.25, 0.3) is 10.6 Å². The number of anilines is 1. The number of nitrogens with one attached hydrogen (secondary N) is 1. The van der Waals surface area contributed by atoms with Crippen LogP contribution in [0.5, 0.6) is 5.75 Å². The second-order valence-corrected chi connectivity index (χ2v) is 6.18. The Balaban J connectivity index is 1.81. The smallest absolute Gasteiger partial charge is 0.275 e. The van der Waals surface area contributed by atoms with Gasteiger partial charge in [-0.2, -0.15) is 0 Å². The zero-order valence-electron chi connectivity index (χ0n) is 12.9. The summed E-state index contributed by atoms with van der Waals surface area (Å²) in [7, 11) is 1.61. The number of ether oxygens (including phenoxy) is 1. The van der Waals surface area contributed by atoms with Gasteiger partial charge in [-0.15, -0.1) is 11.3 Å². The lowest BCUT2D eigenvalue weighted by atomic mass is 10.2. The van der Waals surface area contributed by atoms with E-state index in [0.717, 1.165) is 21.2 Å². The minimum Gasteiger partial charge on any atom is -0.497 e. The maximum Gasteiger partial charge on any atom is 0.275 e. The van der Waals surface area contributed by atoms with E-state index in [2.05, 4.69) is 10.3 Å². The average Bonchev–Trinajstić information content (AvgIpc) is 2.98. The first-order chi connectivity index (χ1) is 11.2. The van der Waals surface area contributed by atoms with Crippen molar-refractivity contribution in [3.63, 3.8) is 0 Å². The summed E-state index contributed by atoms with van der Waals surface area (Å²) in [5.41, 5.74) is 2.19. The van der Waals surface area contributed by atoms with Crippen molar-refractivity contribution in [1.82, 2.24) is 4.98 Å². The molecule has 0 saturated carbocycles. The third-order valence-corrected chi connectivity index (χ3v) is 4.40.